The minimum absolute atomic E-state index is 0.172. The second kappa shape index (κ2) is 7.60. The molecule has 1 amide bonds. The van der Waals surface area contributed by atoms with Crippen LogP contribution < -0.4 is 0 Å². The molecule has 4 saturated carbocycles. The quantitative estimate of drug-likeness (QED) is 0.716. The number of amides is 1. The fourth-order valence-electron chi connectivity index (χ4n) is 8.58. The largest absolute Gasteiger partial charge is 0.337 e. The number of hydrogen-bond acceptors (Lipinski definition) is 3. The van der Waals surface area contributed by atoms with Crippen LogP contribution in [-0.4, -0.2) is 58.2 Å². The maximum atomic E-state index is 13.1. The van der Waals surface area contributed by atoms with Crippen LogP contribution in [0.5, 0.6) is 0 Å². The molecule has 5 fully saturated rings. The van der Waals surface area contributed by atoms with Crippen LogP contribution in [0, 0.1) is 23.2 Å². The summed E-state index contributed by atoms with van der Waals surface area (Å²) >= 11 is 0. The zero-order valence-electron chi connectivity index (χ0n) is 19.6. The zero-order valence-corrected chi connectivity index (χ0v) is 19.6. The maximum absolute atomic E-state index is 13.1. The van der Waals surface area contributed by atoms with Crippen LogP contribution in [-0.2, 0) is 19.9 Å². The van der Waals surface area contributed by atoms with Crippen LogP contribution in [0.15, 0.2) is 0 Å². The molecule has 1 aromatic rings. The molecule has 1 aliphatic heterocycles. The number of hydrogen-bond donors (Lipinski definition) is 0. The Kier molecular flexibility index (Phi) is 4.97. The van der Waals surface area contributed by atoms with Gasteiger partial charge in [-0.15, -0.1) is 0 Å². The summed E-state index contributed by atoms with van der Waals surface area (Å²) in [5.41, 5.74) is 3.96. The lowest BCUT2D eigenvalue weighted by atomic mass is 9.49. The van der Waals surface area contributed by atoms with Gasteiger partial charge in [0.1, 0.15) is 0 Å². The molecular formula is C26H40N4O. The molecule has 4 bridgehead atoms. The molecule has 5 nitrogen and oxygen atoms in total. The highest BCUT2D eigenvalue weighted by atomic mass is 16.2. The second-order valence-corrected chi connectivity index (χ2v) is 11.9. The van der Waals surface area contributed by atoms with Crippen molar-refractivity contribution in [3.63, 3.8) is 0 Å². The van der Waals surface area contributed by atoms with Crippen molar-refractivity contribution in [1.82, 2.24) is 19.6 Å². The molecular weight excluding hydrogens is 384 g/mol. The van der Waals surface area contributed by atoms with E-state index in [1.54, 1.807) is 0 Å². The molecule has 1 saturated heterocycles. The van der Waals surface area contributed by atoms with E-state index in [0.29, 0.717) is 11.5 Å². The number of nitrogens with zero attached hydrogens (tertiary/aromatic N) is 4. The van der Waals surface area contributed by atoms with Crippen molar-refractivity contribution in [2.45, 2.75) is 83.1 Å². The molecule has 0 spiro atoms. The first-order valence-electron chi connectivity index (χ1n) is 13.0. The van der Waals surface area contributed by atoms with Gasteiger partial charge >= 0.3 is 0 Å². The number of aryl methyl sites for hydroxylation is 1. The van der Waals surface area contributed by atoms with E-state index in [9.17, 15) is 4.79 Å². The van der Waals surface area contributed by atoms with Gasteiger partial charge < -0.3 is 9.80 Å². The highest BCUT2D eigenvalue weighted by molar-refractivity contribution is 5.94. The van der Waals surface area contributed by atoms with E-state index in [1.165, 1.54) is 69.2 Å². The van der Waals surface area contributed by atoms with E-state index >= 15 is 0 Å². The van der Waals surface area contributed by atoms with E-state index in [1.807, 2.05) is 16.6 Å². The smallest absolute Gasteiger partial charge is 0.274 e. The van der Waals surface area contributed by atoms with Gasteiger partial charge in [0, 0.05) is 37.4 Å². The summed E-state index contributed by atoms with van der Waals surface area (Å²) in [5, 5.41) is 4.71. The van der Waals surface area contributed by atoms with Crippen molar-refractivity contribution in [3.05, 3.63) is 17.0 Å². The van der Waals surface area contributed by atoms with Crippen LogP contribution in [0.3, 0.4) is 0 Å². The molecule has 5 aliphatic carbocycles. The summed E-state index contributed by atoms with van der Waals surface area (Å²) in [5.74, 6) is 3.31. The lowest BCUT2D eigenvalue weighted by molar-refractivity contribution is -0.0615. The number of rotatable bonds is 5. The van der Waals surface area contributed by atoms with Crippen molar-refractivity contribution in [2.75, 3.05) is 26.7 Å². The second-order valence-electron chi connectivity index (χ2n) is 11.9. The Morgan fingerprint density at radius 1 is 1.10 bits per heavy atom. The van der Waals surface area contributed by atoms with Gasteiger partial charge in [-0.25, -0.2) is 0 Å². The highest BCUT2D eigenvalue weighted by Gasteiger charge is 2.50. The van der Waals surface area contributed by atoms with Gasteiger partial charge in [0.25, 0.3) is 5.91 Å². The molecule has 31 heavy (non-hydrogen) atoms. The van der Waals surface area contributed by atoms with Crippen molar-refractivity contribution < 1.29 is 4.79 Å². The molecule has 1 atom stereocenters. The standard InChI is InChI=1S/C26H40N4O/c1-28(10-7-26-15-18-11-19(16-26)13-20(12-18)17-26)21-5-6-23-22(14-21)24(27-29(23)2)25(31)30-8-3-4-9-30/h18-21H,3-17H2,1-2H3/t18?,19?,20?,21-,26?/m1/s1. The highest BCUT2D eigenvalue weighted by Crippen LogP contribution is 2.61. The number of aromatic nitrogens is 2. The predicted molar refractivity (Wildman–Crippen MR) is 122 cm³/mol. The molecule has 1 aromatic heterocycles. The van der Waals surface area contributed by atoms with E-state index in [0.717, 1.165) is 62.2 Å². The fraction of sp³-hybridized carbons (Fsp3) is 0.846. The van der Waals surface area contributed by atoms with E-state index in [-0.39, 0.29) is 5.91 Å². The summed E-state index contributed by atoms with van der Waals surface area (Å²) in [6.07, 6.45) is 16.1. The molecule has 0 radical (unpaired) electrons. The molecule has 7 rings (SSSR count). The van der Waals surface area contributed by atoms with Crippen LogP contribution in [0.25, 0.3) is 0 Å². The average molecular weight is 425 g/mol. The van der Waals surface area contributed by atoms with Crippen LogP contribution in [0.2, 0.25) is 0 Å². The summed E-state index contributed by atoms with van der Waals surface area (Å²) in [4.78, 5) is 17.8. The Hall–Kier alpha value is -1.36. The Labute approximate surface area is 187 Å². The lowest BCUT2D eigenvalue weighted by Gasteiger charge is -2.57. The van der Waals surface area contributed by atoms with Crippen molar-refractivity contribution in [1.29, 1.82) is 0 Å². The monoisotopic (exact) mass is 424 g/mol. The minimum Gasteiger partial charge on any atom is -0.337 e. The Morgan fingerprint density at radius 3 is 2.39 bits per heavy atom. The maximum Gasteiger partial charge on any atom is 0.274 e. The molecule has 0 unspecified atom stereocenters. The predicted octanol–water partition coefficient (Wildman–Crippen LogP) is 4.05. The van der Waals surface area contributed by atoms with Crippen molar-refractivity contribution in [2.24, 2.45) is 30.2 Å². The molecule has 5 heteroatoms. The number of carbonyl (C=O) groups excluding carboxylic acids is 1. The van der Waals surface area contributed by atoms with Gasteiger partial charge in [-0.05, 0) is 114 Å². The number of carbonyl (C=O) groups is 1. The van der Waals surface area contributed by atoms with Crippen LogP contribution in [0.1, 0.15) is 86.0 Å². The first-order valence-corrected chi connectivity index (χ1v) is 13.0. The normalized spacial score (nSPS) is 36.4. The Bertz CT molecular complexity index is 817. The first-order chi connectivity index (χ1) is 15.0. The van der Waals surface area contributed by atoms with Gasteiger partial charge in [-0.1, -0.05) is 0 Å². The molecule has 170 valence electrons. The first kappa shape index (κ1) is 20.3. The third-order valence-corrected chi connectivity index (χ3v) is 9.81. The third kappa shape index (κ3) is 3.55. The third-order valence-electron chi connectivity index (χ3n) is 9.81. The lowest BCUT2D eigenvalue weighted by Crippen LogP contribution is -2.48. The average Bonchev–Trinajstić information content (AvgIpc) is 3.39. The van der Waals surface area contributed by atoms with Gasteiger partial charge in [0.05, 0.1) is 0 Å². The summed E-state index contributed by atoms with van der Waals surface area (Å²) in [6, 6.07) is 0.552. The molecule has 6 aliphatic rings. The molecule has 0 N–H and O–H groups in total. The minimum atomic E-state index is 0.172. The zero-order chi connectivity index (χ0) is 21.2. The van der Waals surface area contributed by atoms with Gasteiger partial charge in [-0.3, -0.25) is 9.48 Å². The summed E-state index contributed by atoms with van der Waals surface area (Å²) < 4.78 is 1.99. The van der Waals surface area contributed by atoms with Crippen LogP contribution in [0.4, 0.5) is 0 Å². The van der Waals surface area contributed by atoms with Gasteiger partial charge in [0.2, 0.25) is 0 Å². The SMILES string of the molecule is CN(CCC12CC3CC(CC(C3)C1)C2)[C@@H]1CCc2c(c(C(=O)N3CCCC3)nn2C)C1. The number of likely N-dealkylation sites (N-methyl/N-ethyl adjacent to an activating group) is 1. The summed E-state index contributed by atoms with van der Waals surface area (Å²) in [7, 11) is 4.37. The van der Waals surface area contributed by atoms with Gasteiger partial charge in [-0.2, -0.15) is 5.10 Å². The number of likely N-dealkylation sites (tertiary alicyclic amines) is 1. The van der Waals surface area contributed by atoms with E-state index in [2.05, 4.69) is 11.9 Å². The Balaban J connectivity index is 1.13. The topological polar surface area (TPSA) is 41.4 Å². The van der Waals surface area contributed by atoms with Crippen molar-refractivity contribution >= 4 is 5.91 Å². The number of fused-ring (bicyclic) bond motifs is 1. The van der Waals surface area contributed by atoms with E-state index < -0.39 is 0 Å². The van der Waals surface area contributed by atoms with Gasteiger partial charge in [0.15, 0.2) is 5.69 Å². The molecule has 2 heterocycles. The summed E-state index contributed by atoms with van der Waals surface area (Å²) in [6.45, 7) is 3.03. The van der Waals surface area contributed by atoms with Crippen molar-refractivity contribution in [3.8, 4) is 0 Å². The molecule has 0 aromatic carbocycles. The van der Waals surface area contributed by atoms with Crippen LogP contribution >= 0.6 is 0 Å². The Morgan fingerprint density at radius 2 is 1.74 bits per heavy atom. The fourth-order valence-corrected chi connectivity index (χ4v) is 8.58. The van der Waals surface area contributed by atoms with E-state index in [4.69, 9.17) is 5.10 Å².